The fraction of sp³-hybridized carbons (Fsp3) is 0.312. The van der Waals surface area contributed by atoms with E-state index in [0.29, 0.717) is 18.0 Å². The van der Waals surface area contributed by atoms with Gasteiger partial charge in [0.2, 0.25) is 5.76 Å². The molecule has 1 aromatic heterocycles. The smallest absolute Gasteiger partial charge is 0.303 e. The summed E-state index contributed by atoms with van der Waals surface area (Å²) in [6, 6.07) is 8.78. The van der Waals surface area contributed by atoms with Crippen molar-refractivity contribution >= 4 is 17.6 Å². The molecule has 6 heteroatoms. The zero-order chi connectivity index (χ0) is 15.5. The van der Waals surface area contributed by atoms with Crippen LogP contribution in [0.4, 0.5) is 5.69 Å². The Kier molecular flexibility index (Phi) is 3.91. The minimum absolute atomic E-state index is 0.0910. The number of aromatic nitrogens is 1. The van der Waals surface area contributed by atoms with Crippen LogP contribution >= 0.6 is 0 Å². The number of carbonyl (C=O) groups excluding carboxylic acids is 1. The van der Waals surface area contributed by atoms with Crippen LogP contribution in [0.5, 0.6) is 0 Å². The van der Waals surface area contributed by atoms with E-state index in [9.17, 15) is 9.59 Å². The molecule has 6 nitrogen and oxygen atoms in total. The average molecular weight is 300 g/mol. The molecule has 0 radical (unpaired) electrons. The zero-order valence-electron chi connectivity index (χ0n) is 11.9. The lowest BCUT2D eigenvalue weighted by Crippen LogP contribution is -2.10. The maximum atomic E-state index is 12.0. The molecule has 0 aliphatic heterocycles. The lowest BCUT2D eigenvalue weighted by molar-refractivity contribution is -0.136. The number of anilines is 1. The Hall–Kier alpha value is -2.63. The number of nitrogens with one attached hydrogen (secondary N) is 1. The van der Waals surface area contributed by atoms with E-state index < -0.39 is 5.97 Å². The number of rotatable bonds is 6. The molecule has 2 N–H and O–H groups in total. The van der Waals surface area contributed by atoms with Crippen molar-refractivity contribution in [2.24, 2.45) is 0 Å². The summed E-state index contributed by atoms with van der Waals surface area (Å²) in [7, 11) is 0. The van der Waals surface area contributed by atoms with E-state index in [2.05, 4.69) is 10.5 Å². The fourth-order valence-corrected chi connectivity index (χ4v) is 2.17. The number of carboxylic acids is 1. The number of aryl methyl sites for hydroxylation is 1. The van der Waals surface area contributed by atoms with Gasteiger partial charge >= 0.3 is 5.97 Å². The first-order chi connectivity index (χ1) is 10.6. The SMILES string of the molecule is O=C(O)CCc1ccc(NC(=O)c2cc(C3CC3)no2)cc1. The molecule has 1 amide bonds. The monoisotopic (exact) mass is 300 g/mol. The Labute approximate surface area is 127 Å². The van der Waals surface area contributed by atoms with Crippen LogP contribution in [0.3, 0.4) is 0 Å². The number of amides is 1. The van der Waals surface area contributed by atoms with Crippen molar-refractivity contribution in [1.82, 2.24) is 5.16 Å². The number of benzene rings is 1. The highest BCUT2D eigenvalue weighted by Gasteiger charge is 2.28. The molecule has 1 fully saturated rings. The third kappa shape index (κ3) is 3.52. The van der Waals surface area contributed by atoms with Gasteiger partial charge in [-0.05, 0) is 37.0 Å². The van der Waals surface area contributed by atoms with Gasteiger partial charge in [0.25, 0.3) is 5.91 Å². The summed E-state index contributed by atoms with van der Waals surface area (Å²) in [6.45, 7) is 0. The van der Waals surface area contributed by atoms with E-state index in [-0.39, 0.29) is 18.1 Å². The lowest BCUT2D eigenvalue weighted by atomic mass is 10.1. The van der Waals surface area contributed by atoms with Gasteiger partial charge < -0.3 is 14.9 Å². The normalized spacial score (nSPS) is 13.8. The van der Waals surface area contributed by atoms with E-state index in [0.717, 1.165) is 24.1 Å². The molecule has 1 aliphatic carbocycles. The minimum Gasteiger partial charge on any atom is -0.481 e. The molecule has 0 atom stereocenters. The Bertz CT molecular complexity index is 686. The van der Waals surface area contributed by atoms with E-state index in [1.54, 1.807) is 30.3 Å². The van der Waals surface area contributed by atoms with Gasteiger partial charge in [-0.25, -0.2) is 0 Å². The molecular weight excluding hydrogens is 284 g/mol. The molecular formula is C16H16N2O4. The summed E-state index contributed by atoms with van der Waals surface area (Å²) in [5.41, 5.74) is 2.39. The number of carboxylic acid groups (broad SMARTS) is 1. The Balaban J connectivity index is 1.59. The quantitative estimate of drug-likeness (QED) is 0.855. The van der Waals surface area contributed by atoms with Gasteiger partial charge in [0, 0.05) is 24.1 Å². The van der Waals surface area contributed by atoms with Crippen LogP contribution in [0.15, 0.2) is 34.9 Å². The van der Waals surface area contributed by atoms with Crippen molar-refractivity contribution in [3.63, 3.8) is 0 Å². The van der Waals surface area contributed by atoms with E-state index in [4.69, 9.17) is 9.63 Å². The first kappa shape index (κ1) is 14.3. The van der Waals surface area contributed by atoms with Gasteiger partial charge in [-0.1, -0.05) is 17.3 Å². The highest BCUT2D eigenvalue weighted by Crippen LogP contribution is 2.39. The lowest BCUT2D eigenvalue weighted by Gasteiger charge is -2.04. The molecule has 22 heavy (non-hydrogen) atoms. The van der Waals surface area contributed by atoms with Crippen molar-refractivity contribution in [2.75, 3.05) is 5.32 Å². The van der Waals surface area contributed by atoms with Crippen LogP contribution in [0.2, 0.25) is 0 Å². The number of carbonyl (C=O) groups is 2. The highest BCUT2D eigenvalue weighted by molar-refractivity contribution is 6.02. The number of aliphatic carboxylic acids is 1. The average Bonchev–Trinajstić information content (AvgIpc) is 3.23. The summed E-state index contributed by atoms with van der Waals surface area (Å²) in [5, 5.41) is 15.3. The Morgan fingerprint density at radius 1 is 1.27 bits per heavy atom. The topological polar surface area (TPSA) is 92.4 Å². The maximum absolute atomic E-state index is 12.0. The van der Waals surface area contributed by atoms with Gasteiger partial charge in [0.1, 0.15) is 0 Å². The highest BCUT2D eigenvalue weighted by atomic mass is 16.5. The predicted molar refractivity (Wildman–Crippen MR) is 78.8 cm³/mol. The number of hydrogen-bond donors (Lipinski definition) is 2. The molecule has 3 rings (SSSR count). The van der Waals surface area contributed by atoms with Crippen LogP contribution in [-0.2, 0) is 11.2 Å². The van der Waals surface area contributed by atoms with Crippen molar-refractivity contribution in [2.45, 2.75) is 31.6 Å². The van der Waals surface area contributed by atoms with Crippen LogP contribution in [0, 0.1) is 0 Å². The predicted octanol–water partition coefficient (Wildman–Crippen LogP) is 2.82. The molecule has 1 saturated carbocycles. The van der Waals surface area contributed by atoms with Gasteiger partial charge in [-0.15, -0.1) is 0 Å². The second-order valence-electron chi connectivity index (χ2n) is 5.44. The first-order valence-electron chi connectivity index (χ1n) is 7.20. The van der Waals surface area contributed by atoms with Crippen LogP contribution in [-0.4, -0.2) is 22.1 Å². The number of nitrogens with zero attached hydrogens (tertiary/aromatic N) is 1. The van der Waals surface area contributed by atoms with Crippen LogP contribution < -0.4 is 5.32 Å². The largest absolute Gasteiger partial charge is 0.481 e. The molecule has 0 saturated heterocycles. The molecule has 2 aromatic rings. The minimum atomic E-state index is -0.825. The van der Waals surface area contributed by atoms with Crippen molar-refractivity contribution in [1.29, 1.82) is 0 Å². The molecule has 0 unspecified atom stereocenters. The van der Waals surface area contributed by atoms with Crippen LogP contribution in [0.25, 0.3) is 0 Å². The molecule has 0 spiro atoms. The standard InChI is InChI=1S/C16H16N2O4/c19-15(20)8-3-10-1-6-12(7-2-10)17-16(21)14-9-13(18-22-14)11-4-5-11/h1-2,6-7,9,11H,3-5,8H2,(H,17,21)(H,19,20). The zero-order valence-corrected chi connectivity index (χ0v) is 11.9. The first-order valence-corrected chi connectivity index (χ1v) is 7.20. The number of hydrogen-bond acceptors (Lipinski definition) is 4. The second kappa shape index (κ2) is 6.01. The van der Waals surface area contributed by atoms with E-state index >= 15 is 0 Å². The van der Waals surface area contributed by atoms with Crippen LogP contribution in [0.1, 0.15) is 47.0 Å². The summed E-state index contributed by atoms with van der Waals surface area (Å²) in [6.07, 6.45) is 2.76. The molecule has 1 heterocycles. The second-order valence-corrected chi connectivity index (χ2v) is 5.44. The van der Waals surface area contributed by atoms with Gasteiger partial charge in [-0.3, -0.25) is 9.59 Å². The van der Waals surface area contributed by atoms with E-state index in [1.165, 1.54) is 0 Å². The van der Waals surface area contributed by atoms with E-state index in [1.807, 2.05) is 0 Å². The molecule has 0 bridgehead atoms. The summed E-state index contributed by atoms with van der Waals surface area (Å²) in [5.74, 6) is -0.512. The van der Waals surface area contributed by atoms with Crippen molar-refractivity contribution in [3.8, 4) is 0 Å². The summed E-state index contributed by atoms with van der Waals surface area (Å²) in [4.78, 5) is 22.6. The third-order valence-corrected chi connectivity index (χ3v) is 3.59. The maximum Gasteiger partial charge on any atom is 0.303 e. The van der Waals surface area contributed by atoms with Gasteiger partial charge in [0.05, 0.1) is 5.69 Å². The summed E-state index contributed by atoms with van der Waals surface area (Å²) < 4.78 is 5.06. The molecule has 114 valence electrons. The Morgan fingerprint density at radius 3 is 2.64 bits per heavy atom. The fourth-order valence-electron chi connectivity index (χ4n) is 2.17. The molecule has 1 aromatic carbocycles. The Morgan fingerprint density at radius 2 is 2.00 bits per heavy atom. The van der Waals surface area contributed by atoms with Gasteiger partial charge in [0.15, 0.2) is 0 Å². The third-order valence-electron chi connectivity index (χ3n) is 3.59. The molecule has 1 aliphatic rings. The van der Waals surface area contributed by atoms with Crippen molar-refractivity contribution < 1.29 is 19.2 Å². The summed E-state index contributed by atoms with van der Waals surface area (Å²) >= 11 is 0. The van der Waals surface area contributed by atoms with Crippen molar-refractivity contribution in [3.05, 3.63) is 47.3 Å². The van der Waals surface area contributed by atoms with Gasteiger partial charge in [-0.2, -0.15) is 0 Å².